The Morgan fingerprint density at radius 3 is 2.48 bits per heavy atom. The molecule has 126 valence electrons. The lowest BCUT2D eigenvalue weighted by Gasteiger charge is -2.07. The highest BCUT2D eigenvalue weighted by atomic mass is 16.5. The number of anilines is 1. The van der Waals surface area contributed by atoms with Gasteiger partial charge in [0.15, 0.2) is 11.2 Å². The van der Waals surface area contributed by atoms with Gasteiger partial charge in [-0.15, -0.1) is 0 Å². The Morgan fingerprint density at radius 2 is 1.80 bits per heavy atom. The molecule has 0 spiro atoms. The molecule has 0 unspecified atom stereocenters. The number of rotatable bonds is 3. The number of hydrogen-bond donors (Lipinski definition) is 1. The topological polar surface area (TPSA) is 85.6 Å². The van der Waals surface area contributed by atoms with Crippen LogP contribution in [0.4, 0.5) is 5.69 Å². The highest BCUT2D eigenvalue weighted by Crippen LogP contribution is 2.18. The Labute approximate surface area is 143 Å². The number of fused-ring (bicyclic) bond motifs is 1. The van der Waals surface area contributed by atoms with Gasteiger partial charge in [0.25, 0.3) is 5.91 Å². The fourth-order valence-electron chi connectivity index (χ4n) is 2.43. The summed E-state index contributed by atoms with van der Waals surface area (Å²) >= 11 is 0. The molecule has 0 saturated carbocycles. The summed E-state index contributed by atoms with van der Waals surface area (Å²) in [6, 6.07) is 12.6. The molecule has 0 aliphatic heterocycles. The average molecular weight is 337 g/mol. The van der Waals surface area contributed by atoms with Crippen molar-refractivity contribution in [2.75, 3.05) is 12.4 Å². The number of hydrogen-bond acceptors (Lipinski definition) is 5. The molecule has 0 saturated heterocycles. The van der Waals surface area contributed by atoms with Gasteiger partial charge < -0.3 is 14.5 Å². The molecule has 1 amide bonds. The summed E-state index contributed by atoms with van der Waals surface area (Å²) in [6.07, 6.45) is 0. The van der Waals surface area contributed by atoms with E-state index in [2.05, 4.69) is 10.1 Å². The second kappa shape index (κ2) is 6.60. The average Bonchev–Trinajstić information content (AvgIpc) is 2.62. The zero-order chi connectivity index (χ0) is 18.0. The molecule has 1 N–H and O–H groups in total. The van der Waals surface area contributed by atoms with Crippen molar-refractivity contribution in [3.63, 3.8) is 0 Å². The van der Waals surface area contributed by atoms with Gasteiger partial charge in [-0.1, -0.05) is 12.1 Å². The van der Waals surface area contributed by atoms with E-state index in [1.54, 1.807) is 37.3 Å². The van der Waals surface area contributed by atoms with Crippen LogP contribution in [0.5, 0.6) is 0 Å². The van der Waals surface area contributed by atoms with Crippen molar-refractivity contribution in [2.45, 2.75) is 6.92 Å². The highest BCUT2D eigenvalue weighted by Gasteiger charge is 2.14. The smallest absolute Gasteiger partial charge is 0.337 e. The van der Waals surface area contributed by atoms with Crippen molar-refractivity contribution in [3.05, 3.63) is 75.6 Å². The minimum Gasteiger partial charge on any atom is -0.465 e. The molecule has 3 rings (SSSR count). The first-order chi connectivity index (χ1) is 12.0. The van der Waals surface area contributed by atoms with Crippen LogP contribution in [0.25, 0.3) is 11.0 Å². The van der Waals surface area contributed by atoms with Gasteiger partial charge in [0.1, 0.15) is 5.58 Å². The van der Waals surface area contributed by atoms with E-state index in [4.69, 9.17) is 4.42 Å². The van der Waals surface area contributed by atoms with Gasteiger partial charge in [-0.05, 0) is 42.8 Å². The second-order valence-electron chi connectivity index (χ2n) is 5.45. The Balaban J connectivity index is 1.89. The molecular formula is C19H15NO5. The summed E-state index contributed by atoms with van der Waals surface area (Å²) in [5.41, 5.74) is 1.71. The molecule has 1 aromatic heterocycles. The first kappa shape index (κ1) is 16.4. The van der Waals surface area contributed by atoms with E-state index in [0.717, 1.165) is 5.56 Å². The molecule has 0 fully saturated rings. The largest absolute Gasteiger partial charge is 0.465 e. The third kappa shape index (κ3) is 3.28. The molecular weight excluding hydrogens is 322 g/mol. The maximum atomic E-state index is 12.4. The monoisotopic (exact) mass is 337 g/mol. The molecule has 25 heavy (non-hydrogen) atoms. The highest BCUT2D eigenvalue weighted by molar-refractivity contribution is 6.03. The quantitative estimate of drug-likeness (QED) is 0.742. The van der Waals surface area contributed by atoms with Gasteiger partial charge in [-0.3, -0.25) is 9.59 Å². The molecule has 6 nitrogen and oxygen atoms in total. The van der Waals surface area contributed by atoms with Gasteiger partial charge in [0, 0.05) is 11.8 Å². The van der Waals surface area contributed by atoms with Crippen molar-refractivity contribution in [1.82, 2.24) is 0 Å². The number of ether oxygens (including phenoxy) is 1. The van der Waals surface area contributed by atoms with Crippen LogP contribution in [0.3, 0.4) is 0 Å². The van der Waals surface area contributed by atoms with Gasteiger partial charge in [0.2, 0.25) is 0 Å². The van der Waals surface area contributed by atoms with Gasteiger partial charge in [-0.2, -0.15) is 0 Å². The Bertz CT molecular complexity index is 1020. The molecule has 1 heterocycles. The summed E-state index contributed by atoms with van der Waals surface area (Å²) in [6.45, 7) is 1.80. The number of methoxy groups -OCH3 is 1. The van der Waals surface area contributed by atoms with E-state index in [-0.39, 0.29) is 11.2 Å². The minimum atomic E-state index is -0.548. The van der Waals surface area contributed by atoms with Gasteiger partial charge >= 0.3 is 5.97 Å². The van der Waals surface area contributed by atoms with Crippen LogP contribution >= 0.6 is 0 Å². The Kier molecular flexibility index (Phi) is 4.35. The van der Waals surface area contributed by atoms with E-state index in [0.29, 0.717) is 22.2 Å². The summed E-state index contributed by atoms with van der Waals surface area (Å²) in [4.78, 5) is 35.9. The summed E-state index contributed by atoms with van der Waals surface area (Å²) in [5.74, 6) is -1.09. The number of para-hydroxylation sites is 1. The zero-order valence-electron chi connectivity index (χ0n) is 13.7. The van der Waals surface area contributed by atoms with Crippen LogP contribution in [-0.4, -0.2) is 19.0 Å². The fourth-order valence-corrected chi connectivity index (χ4v) is 2.43. The van der Waals surface area contributed by atoms with E-state index < -0.39 is 11.9 Å². The van der Waals surface area contributed by atoms with E-state index in [1.807, 2.05) is 0 Å². The Morgan fingerprint density at radius 1 is 1.08 bits per heavy atom. The number of aryl methyl sites for hydroxylation is 1. The number of amides is 1. The lowest BCUT2D eigenvalue weighted by Crippen LogP contribution is -2.15. The second-order valence-corrected chi connectivity index (χ2v) is 5.45. The van der Waals surface area contributed by atoms with Crippen molar-refractivity contribution >= 4 is 28.5 Å². The lowest BCUT2D eigenvalue weighted by atomic mass is 10.1. The van der Waals surface area contributed by atoms with Crippen molar-refractivity contribution in [1.29, 1.82) is 0 Å². The molecule has 0 aliphatic carbocycles. The molecule has 0 bridgehead atoms. The SMILES string of the molecule is COC(=O)c1ccc(NC(=O)c2cc(=O)c3cccc(C)c3o2)cc1. The lowest BCUT2D eigenvalue weighted by molar-refractivity contribution is 0.0600. The first-order valence-electron chi connectivity index (χ1n) is 7.53. The molecule has 0 atom stereocenters. The number of benzene rings is 2. The number of esters is 1. The van der Waals surface area contributed by atoms with E-state index >= 15 is 0 Å². The van der Waals surface area contributed by atoms with Crippen LogP contribution in [0, 0.1) is 6.92 Å². The van der Waals surface area contributed by atoms with Crippen LogP contribution in [0.15, 0.2) is 57.7 Å². The van der Waals surface area contributed by atoms with Gasteiger partial charge in [-0.25, -0.2) is 4.79 Å². The summed E-state index contributed by atoms with van der Waals surface area (Å²) in [5, 5.41) is 3.06. The zero-order valence-corrected chi connectivity index (χ0v) is 13.7. The predicted octanol–water partition coefficient (Wildman–Crippen LogP) is 3.14. The number of carbonyl (C=O) groups is 2. The molecule has 0 radical (unpaired) electrons. The molecule has 6 heteroatoms. The maximum absolute atomic E-state index is 12.4. The number of carbonyl (C=O) groups excluding carboxylic acids is 2. The van der Waals surface area contributed by atoms with Crippen molar-refractivity contribution in [2.24, 2.45) is 0 Å². The van der Waals surface area contributed by atoms with Crippen molar-refractivity contribution in [3.8, 4) is 0 Å². The molecule has 0 aliphatic rings. The van der Waals surface area contributed by atoms with Crippen LogP contribution in [-0.2, 0) is 4.74 Å². The third-order valence-corrected chi connectivity index (χ3v) is 3.74. The van der Waals surface area contributed by atoms with Gasteiger partial charge in [0.05, 0.1) is 18.1 Å². The first-order valence-corrected chi connectivity index (χ1v) is 7.53. The van der Waals surface area contributed by atoms with Crippen molar-refractivity contribution < 1.29 is 18.7 Å². The number of nitrogens with one attached hydrogen (secondary N) is 1. The predicted molar refractivity (Wildman–Crippen MR) is 93.0 cm³/mol. The van der Waals surface area contributed by atoms with E-state index in [1.165, 1.54) is 25.3 Å². The van der Waals surface area contributed by atoms with E-state index in [9.17, 15) is 14.4 Å². The summed E-state index contributed by atoms with van der Waals surface area (Å²) < 4.78 is 10.2. The third-order valence-electron chi connectivity index (χ3n) is 3.74. The standard InChI is InChI=1S/C19H15NO5/c1-11-4-3-5-14-15(21)10-16(25-17(11)14)18(22)20-13-8-6-12(7-9-13)19(23)24-2/h3-10H,1-2H3,(H,20,22). The summed E-state index contributed by atoms with van der Waals surface area (Å²) in [7, 11) is 1.29. The minimum absolute atomic E-state index is 0.0798. The Hall–Kier alpha value is -3.41. The van der Waals surface area contributed by atoms with Crippen LogP contribution in [0.2, 0.25) is 0 Å². The molecule has 3 aromatic rings. The maximum Gasteiger partial charge on any atom is 0.337 e. The normalized spacial score (nSPS) is 10.5. The molecule has 2 aromatic carbocycles. The van der Waals surface area contributed by atoms with Crippen LogP contribution < -0.4 is 10.7 Å². The van der Waals surface area contributed by atoms with Crippen LogP contribution in [0.1, 0.15) is 26.5 Å². The fraction of sp³-hybridized carbons (Fsp3) is 0.105.